The molecule has 4 atom stereocenters. The fraction of sp³-hybridized carbons (Fsp3) is 0.630. The van der Waals surface area contributed by atoms with E-state index < -0.39 is 5.97 Å². The number of amides is 1. The summed E-state index contributed by atoms with van der Waals surface area (Å²) in [5, 5.41) is 9.70. The fourth-order valence-corrected chi connectivity index (χ4v) is 6.32. The number of carboxylic acids is 1. The van der Waals surface area contributed by atoms with E-state index in [9.17, 15) is 14.7 Å². The summed E-state index contributed by atoms with van der Waals surface area (Å²) in [5.41, 5.74) is 4.56. The van der Waals surface area contributed by atoms with Crippen molar-refractivity contribution in [2.75, 3.05) is 13.7 Å². The highest BCUT2D eigenvalue weighted by Crippen LogP contribution is 2.46. The number of hydrogen-bond donors (Lipinski definition) is 1. The number of likely N-dealkylation sites (tertiary alicyclic amines) is 1. The SMILES string of the molecule is C=Cc1c(C(=CC)C2CC2)c(C(C)CC(=O)N2CCCC3C(C(=O)O)CCCC32)cn1OC. The van der Waals surface area contributed by atoms with E-state index in [1.54, 1.807) is 11.8 Å². The van der Waals surface area contributed by atoms with Gasteiger partial charge in [0.1, 0.15) is 7.11 Å². The summed E-state index contributed by atoms with van der Waals surface area (Å²) in [6.07, 6.45) is 13.2. The minimum atomic E-state index is -0.700. The number of carbonyl (C=O) groups excluding carboxylic acids is 1. The predicted octanol–water partition coefficient (Wildman–Crippen LogP) is 4.99. The maximum Gasteiger partial charge on any atom is 0.306 e. The number of aromatic nitrogens is 1. The Hall–Kier alpha value is -2.50. The van der Waals surface area contributed by atoms with Gasteiger partial charge in [-0.15, -0.1) is 0 Å². The summed E-state index contributed by atoms with van der Waals surface area (Å²) >= 11 is 0. The van der Waals surface area contributed by atoms with Gasteiger partial charge in [0.15, 0.2) is 0 Å². The molecule has 4 unspecified atom stereocenters. The van der Waals surface area contributed by atoms with Gasteiger partial charge >= 0.3 is 5.97 Å². The van der Waals surface area contributed by atoms with Crippen LogP contribution < -0.4 is 4.84 Å². The minimum Gasteiger partial charge on any atom is -0.481 e. The lowest BCUT2D eigenvalue weighted by atomic mass is 9.71. The number of fused-ring (bicyclic) bond motifs is 1. The van der Waals surface area contributed by atoms with Gasteiger partial charge in [-0.3, -0.25) is 9.59 Å². The van der Waals surface area contributed by atoms with E-state index in [0.29, 0.717) is 12.3 Å². The molecule has 1 aromatic rings. The molecule has 0 bridgehead atoms. The Kier molecular flexibility index (Phi) is 7.01. The first-order valence-electron chi connectivity index (χ1n) is 12.5. The molecule has 3 fully saturated rings. The molecule has 0 aromatic carbocycles. The minimum absolute atomic E-state index is 0.0236. The summed E-state index contributed by atoms with van der Waals surface area (Å²) in [6, 6.07) is 0.0673. The molecule has 0 radical (unpaired) electrons. The van der Waals surface area contributed by atoms with Crippen molar-refractivity contribution in [2.45, 2.75) is 77.2 Å². The molecule has 180 valence electrons. The van der Waals surface area contributed by atoms with Crippen LogP contribution in [0.1, 0.15) is 88.0 Å². The zero-order valence-electron chi connectivity index (χ0n) is 20.3. The molecule has 2 aliphatic carbocycles. The van der Waals surface area contributed by atoms with E-state index >= 15 is 0 Å². The normalized spacial score (nSPS) is 26.5. The van der Waals surface area contributed by atoms with E-state index in [2.05, 4.69) is 26.5 Å². The van der Waals surface area contributed by atoms with E-state index in [1.807, 2.05) is 17.2 Å². The smallest absolute Gasteiger partial charge is 0.306 e. The molecule has 2 saturated carbocycles. The van der Waals surface area contributed by atoms with Crippen molar-refractivity contribution >= 4 is 23.5 Å². The summed E-state index contributed by atoms with van der Waals surface area (Å²) in [6.45, 7) is 8.96. The zero-order valence-corrected chi connectivity index (χ0v) is 20.3. The third-order valence-electron chi connectivity index (χ3n) is 8.06. The maximum atomic E-state index is 13.5. The predicted molar refractivity (Wildman–Crippen MR) is 130 cm³/mol. The highest BCUT2D eigenvalue weighted by Gasteiger charge is 2.43. The van der Waals surface area contributed by atoms with Crippen LogP contribution in [0.15, 0.2) is 18.9 Å². The van der Waals surface area contributed by atoms with E-state index in [4.69, 9.17) is 4.84 Å². The van der Waals surface area contributed by atoms with Crippen molar-refractivity contribution in [3.63, 3.8) is 0 Å². The number of piperidine rings is 1. The summed E-state index contributed by atoms with van der Waals surface area (Å²) < 4.78 is 1.76. The average Bonchev–Trinajstić information content (AvgIpc) is 3.58. The summed E-state index contributed by atoms with van der Waals surface area (Å²) in [7, 11) is 1.65. The van der Waals surface area contributed by atoms with Gasteiger partial charge in [-0.2, -0.15) is 4.73 Å². The molecule has 6 heteroatoms. The largest absolute Gasteiger partial charge is 0.481 e. The average molecular weight is 455 g/mol. The molecular formula is C27H38N2O4. The molecule has 1 amide bonds. The van der Waals surface area contributed by atoms with E-state index in [-0.39, 0.29) is 29.7 Å². The van der Waals surface area contributed by atoms with Gasteiger partial charge in [0, 0.05) is 30.8 Å². The van der Waals surface area contributed by atoms with Crippen molar-refractivity contribution in [3.05, 3.63) is 35.7 Å². The zero-order chi connectivity index (χ0) is 23.7. The Morgan fingerprint density at radius 3 is 2.61 bits per heavy atom. The third kappa shape index (κ3) is 4.49. The number of aliphatic carboxylic acids is 1. The van der Waals surface area contributed by atoms with Crippen molar-refractivity contribution in [1.29, 1.82) is 0 Å². The van der Waals surface area contributed by atoms with Crippen LogP contribution in [0.2, 0.25) is 0 Å². The second kappa shape index (κ2) is 9.78. The van der Waals surface area contributed by atoms with Gasteiger partial charge in [-0.25, -0.2) is 0 Å². The summed E-state index contributed by atoms with van der Waals surface area (Å²) in [5.74, 6) is -0.185. The van der Waals surface area contributed by atoms with Crippen LogP contribution in [-0.4, -0.2) is 46.3 Å². The van der Waals surface area contributed by atoms with Crippen LogP contribution in [0.25, 0.3) is 11.6 Å². The second-order valence-electron chi connectivity index (χ2n) is 10.0. The van der Waals surface area contributed by atoms with Crippen molar-refractivity contribution < 1.29 is 19.5 Å². The number of hydrogen-bond acceptors (Lipinski definition) is 3. The van der Waals surface area contributed by atoms with Gasteiger partial charge in [0.05, 0.1) is 11.6 Å². The Balaban J connectivity index is 1.57. The molecule has 1 N–H and O–H groups in total. The molecule has 33 heavy (non-hydrogen) atoms. The monoisotopic (exact) mass is 454 g/mol. The molecule has 6 nitrogen and oxygen atoms in total. The molecule has 1 saturated heterocycles. The molecule has 3 aliphatic rings. The number of carboxylic acid groups (broad SMARTS) is 1. The van der Waals surface area contributed by atoms with Gasteiger partial charge in [0.2, 0.25) is 5.91 Å². The topological polar surface area (TPSA) is 71.8 Å². The van der Waals surface area contributed by atoms with E-state index in [1.165, 1.54) is 18.4 Å². The molecule has 0 spiro atoms. The fourth-order valence-electron chi connectivity index (χ4n) is 6.32. The van der Waals surface area contributed by atoms with Crippen LogP contribution in [0, 0.1) is 17.8 Å². The number of nitrogens with zero attached hydrogens (tertiary/aromatic N) is 2. The molecule has 4 rings (SSSR count). The van der Waals surface area contributed by atoms with Gasteiger partial charge < -0.3 is 14.8 Å². The molecule has 2 heterocycles. The highest BCUT2D eigenvalue weighted by atomic mass is 16.6. The Labute approximate surface area is 197 Å². The van der Waals surface area contributed by atoms with Crippen molar-refractivity contribution in [3.8, 4) is 0 Å². The second-order valence-corrected chi connectivity index (χ2v) is 10.0. The number of allylic oxidation sites excluding steroid dienone is 2. The van der Waals surface area contributed by atoms with Crippen LogP contribution in [0.5, 0.6) is 0 Å². The Morgan fingerprint density at radius 1 is 1.24 bits per heavy atom. The molecule has 1 aliphatic heterocycles. The molecular weight excluding hydrogens is 416 g/mol. The molecule has 1 aromatic heterocycles. The first-order chi connectivity index (χ1) is 15.9. The summed E-state index contributed by atoms with van der Waals surface area (Å²) in [4.78, 5) is 33.0. The van der Waals surface area contributed by atoms with Crippen molar-refractivity contribution in [2.24, 2.45) is 17.8 Å². The standard InChI is InChI=1S/C27H38N2O4/c1-5-19(18-12-13-18)26-22(16-29(33-4)23(26)6-2)17(3)15-25(30)28-14-8-10-20-21(27(31)32)9-7-11-24(20)28/h5-6,16-18,20-21,24H,2,7-15H2,1,3-4H3,(H,31,32). The van der Waals surface area contributed by atoms with Crippen LogP contribution >= 0.6 is 0 Å². The van der Waals surface area contributed by atoms with Crippen molar-refractivity contribution in [1.82, 2.24) is 9.63 Å². The lowest BCUT2D eigenvalue weighted by Crippen LogP contribution is -2.53. The van der Waals surface area contributed by atoms with Gasteiger partial charge in [0.25, 0.3) is 0 Å². The Morgan fingerprint density at radius 2 is 2.00 bits per heavy atom. The van der Waals surface area contributed by atoms with Crippen LogP contribution in [0.4, 0.5) is 0 Å². The van der Waals surface area contributed by atoms with Crippen LogP contribution in [-0.2, 0) is 9.59 Å². The Bertz CT molecular complexity index is 942. The third-order valence-corrected chi connectivity index (χ3v) is 8.06. The van der Waals surface area contributed by atoms with Gasteiger partial charge in [-0.1, -0.05) is 26.0 Å². The highest BCUT2D eigenvalue weighted by molar-refractivity contribution is 5.81. The van der Waals surface area contributed by atoms with E-state index in [0.717, 1.165) is 55.5 Å². The van der Waals surface area contributed by atoms with Crippen LogP contribution in [0.3, 0.4) is 0 Å². The lowest BCUT2D eigenvalue weighted by Gasteiger charge is -2.46. The van der Waals surface area contributed by atoms with Gasteiger partial charge in [-0.05, 0) is 80.4 Å². The number of rotatable bonds is 8. The maximum absolute atomic E-state index is 13.5. The quantitative estimate of drug-likeness (QED) is 0.601. The lowest BCUT2D eigenvalue weighted by molar-refractivity contribution is -0.152. The first kappa shape index (κ1) is 23.7. The first-order valence-corrected chi connectivity index (χ1v) is 12.5. The number of carbonyl (C=O) groups is 2.